The van der Waals surface area contributed by atoms with Gasteiger partial charge in [0.05, 0.1) is 18.2 Å². The van der Waals surface area contributed by atoms with Gasteiger partial charge in [-0.3, -0.25) is 0 Å². The fraction of sp³-hybridized carbons (Fsp3) is 0.259. The molecule has 0 aromatic heterocycles. The number of fused-ring (bicyclic) bond motifs is 2. The van der Waals surface area contributed by atoms with Gasteiger partial charge in [0.15, 0.2) is 5.75 Å². The third-order valence-corrected chi connectivity index (χ3v) is 6.42. The highest BCUT2D eigenvalue weighted by Crippen LogP contribution is 2.42. The van der Waals surface area contributed by atoms with Crippen molar-refractivity contribution in [2.24, 2.45) is 4.99 Å². The van der Waals surface area contributed by atoms with E-state index in [1.165, 1.54) is 31.4 Å². The van der Waals surface area contributed by atoms with Crippen LogP contribution >= 0.6 is 0 Å². The Bertz CT molecular complexity index is 1410. The normalized spacial score (nSPS) is 17.0. The van der Waals surface area contributed by atoms with E-state index < -0.39 is 17.6 Å². The maximum absolute atomic E-state index is 13.5. The number of amidine groups is 1. The molecular weight excluding hydrogens is 504 g/mol. The number of ether oxygens (including phenoxy) is 2. The predicted molar refractivity (Wildman–Crippen MR) is 134 cm³/mol. The van der Waals surface area contributed by atoms with Gasteiger partial charge < -0.3 is 24.6 Å². The molecule has 1 fully saturated rings. The van der Waals surface area contributed by atoms with E-state index in [2.05, 4.69) is 10.3 Å². The average molecular weight is 529 g/mol. The van der Waals surface area contributed by atoms with Gasteiger partial charge in [-0.15, -0.1) is 0 Å². The Morgan fingerprint density at radius 3 is 2.58 bits per heavy atom. The first-order valence-corrected chi connectivity index (χ1v) is 11.9. The quantitative estimate of drug-likeness (QED) is 0.398. The van der Waals surface area contributed by atoms with Gasteiger partial charge in [-0.1, -0.05) is 6.07 Å². The minimum Gasteiger partial charge on any atom is -0.497 e. The largest absolute Gasteiger partial charge is 0.497 e. The number of aliphatic imine (C=N–C) groups is 1. The molecule has 2 aliphatic heterocycles. The molecule has 3 aromatic rings. The SMILES string of the molecule is COc1ccc2c(c1)C(N1CCN(C(=O)Nc3cccc(F)c3)C(C)C1)=Nc1cc(C(F)(F)F)ccc1O2. The van der Waals surface area contributed by atoms with Crippen molar-refractivity contribution in [3.05, 3.63) is 77.6 Å². The topological polar surface area (TPSA) is 66.4 Å². The van der Waals surface area contributed by atoms with Crippen LogP contribution in [0.2, 0.25) is 0 Å². The van der Waals surface area contributed by atoms with E-state index in [0.717, 1.165) is 12.1 Å². The van der Waals surface area contributed by atoms with E-state index in [-0.39, 0.29) is 23.5 Å². The predicted octanol–water partition coefficient (Wildman–Crippen LogP) is 6.28. The second-order valence-corrected chi connectivity index (χ2v) is 9.01. The summed E-state index contributed by atoms with van der Waals surface area (Å²) >= 11 is 0. The summed E-state index contributed by atoms with van der Waals surface area (Å²) in [7, 11) is 1.51. The smallest absolute Gasteiger partial charge is 0.416 e. The minimum atomic E-state index is -4.54. The van der Waals surface area contributed by atoms with E-state index in [1.54, 1.807) is 29.2 Å². The first-order valence-electron chi connectivity index (χ1n) is 11.9. The molecule has 2 aliphatic rings. The van der Waals surface area contributed by atoms with Crippen LogP contribution in [0.3, 0.4) is 0 Å². The average Bonchev–Trinajstić information content (AvgIpc) is 3.03. The second kappa shape index (κ2) is 9.88. The Morgan fingerprint density at radius 2 is 1.87 bits per heavy atom. The van der Waals surface area contributed by atoms with E-state index in [1.807, 2.05) is 11.8 Å². The number of piperazine rings is 1. The van der Waals surface area contributed by atoms with Crippen LogP contribution in [0.15, 0.2) is 65.7 Å². The van der Waals surface area contributed by atoms with Crippen molar-refractivity contribution in [1.82, 2.24) is 9.80 Å². The fourth-order valence-electron chi connectivity index (χ4n) is 4.51. The maximum atomic E-state index is 13.5. The Balaban J connectivity index is 1.46. The number of urea groups is 1. The summed E-state index contributed by atoms with van der Waals surface area (Å²) in [5.41, 5.74) is 0.106. The van der Waals surface area contributed by atoms with E-state index >= 15 is 0 Å². The van der Waals surface area contributed by atoms with Gasteiger partial charge in [0.1, 0.15) is 28.8 Å². The molecule has 2 amide bonds. The van der Waals surface area contributed by atoms with E-state index in [4.69, 9.17) is 9.47 Å². The number of hydrogen-bond donors (Lipinski definition) is 1. The molecule has 3 aromatic carbocycles. The molecule has 1 saturated heterocycles. The summed E-state index contributed by atoms with van der Waals surface area (Å²) in [4.78, 5) is 21.1. The van der Waals surface area contributed by atoms with Crippen LogP contribution in [0.1, 0.15) is 18.1 Å². The number of nitrogens with one attached hydrogen (secondary N) is 1. The van der Waals surface area contributed by atoms with Crippen LogP contribution in [0, 0.1) is 5.82 Å². The fourth-order valence-corrected chi connectivity index (χ4v) is 4.51. The molecule has 11 heteroatoms. The molecule has 7 nitrogen and oxygen atoms in total. The van der Waals surface area contributed by atoms with Gasteiger partial charge in [-0.2, -0.15) is 13.2 Å². The molecule has 198 valence electrons. The molecule has 38 heavy (non-hydrogen) atoms. The van der Waals surface area contributed by atoms with Crippen molar-refractivity contribution in [1.29, 1.82) is 0 Å². The number of halogens is 4. The monoisotopic (exact) mass is 528 g/mol. The number of carbonyl (C=O) groups is 1. The summed E-state index contributed by atoms with van der Waals surface area (Å²) in [6.45, 7) is 2.86. The van der Waals surface area contributed by atoms with Gasteiger partial charge in [-0.05, 0) is 61.5 Å². The lowest BCUT2D eigenvalue weighted by Crippen LogP contribution is -2.56. The lowest BCUT2D eigenvalue weighted by Gasteiger charge is -2.41. The number of alkyl halides is 3. The minimum absolute atomic E-state index is 0.0453. The Labute approximate surface area is 216 Å². The molecule has 1 unspecified atom stereocenters. The molecule has 0 radical (unpaired) electrons. The van der Waals surface area contributed by atoms with Gasteiger partial charge in [0.25, 0.3) is 0 Å². The van der Waals surface area contributed by atoms with Crippen molar-refractivity contribution in [2.45, 2.75) is 19.1 Å². The zero-order valence-corrected chi connectivity index (χ0v) is 20.6. The summed E-state index contributed by atoms with van der Waals surface area (Å²) < 4.78 is 65.2. The van der Waals surface area contributed by atoms with Gasteiger partial charge in [0.2, 0.25) is 0 Å². The molecule has 0 spiro atoms. The lowest BCUT2D eigenvalue weighted by molar-refractivity contribution is -0.137. The highest BCUT2D eigenvalue weighted by atomic mass is 19.4. The van der Waals surface area contributed by atoms with Crippen molar-refractivity contribution >= 4 is 23.2 Å². The number of rotatable bonds is 2. The van der Waals surface area contributed by atoms with Crippen LogP contribution in [-0.2, 0) is 6.18 Å². The summed E-state index contributed by atoms with van der Waals surface area (Å²) in [5.74, 6) is 1.09. The maximum Gasteiger partial charge on any atom is 0.416 e. The molecular formula is C27H24F4N4O3. The van der Waals surface area contributed by atoms with Crippen LogP contribution in [0.4, 0.5) is 33.7 Å². The molecule has 1 N–H and O–H groups in total. The van der Waals surface area contributed by atoms with Crippen LogP contribution in [0.25, 0.3) is 0 Å². The van der Waals surface area contributed by atoms with E-state index in [0.29, 0.717) is 48.2 Å². The number of methoxy groups -OCH3 is 1. The third kappa shape index (κ3) is 5.09. The second-order valence-electron chi connectivity index (χ2n) is 9.01. The first kappa shape index (κ1) is 25.4. The number of carbonyl (C=O) groups excluding carboxylic acids is 1. The first-order chi connectivity index (χ1) is 18.1. The Hall–Kier alpha value is -4.28. The summed E-state index contributed by atoms with van der Waals surface area (Å²) in [6, 6.07) is 13.2. The summed E-state index contributed by atoms with van der Waals surface area (Å²) in [5, 5.41) is 2.71. The van der Waals surface area contributed by atoms with Crippen molar-refractivity contribution in [2.75, 3.05) is 32.1 Å². The molecule has 5 rings (SSSR count). The Morgan fingerprint density at radius 1 is 1.08 bits per heavy atom. The Kier molecular flexibility index (Phi) is 6.60. The molecule has 1 atom stereocenters. The molecule has 2 heterocycles. The van der Waals surface area contributed by atoms with Crippen LogP contribution < -0.4 is 14.8 Å². The highest BCUT2D eigenvalue weighted by Gasteiger charge is 2.34. The van der Waals surface area contributed by atoms with Crippen molar-refractivity contribution in [3.63, 3.8) is 0 Å². The lowest BCUT2D eigenvalue weighted by atomic mass is 10.1. The molecule has 0 aliphatic carbocycles. The van der Waals surface area contributed by atoms with Crippen LogP contribution in [-0.4, -0.2) is 54.5 Å². The van der Waals surface area contributed by atoms with Crippen molar-refractivity contribution in [3.8, 4) is 17.2 Å². The molecule has 0 bridgehead atoms. The number of amides is 2. The van der Waals surface area contributed by atoms with Gasteiger partial charge >= 0.3 is 12.2 Å². The van der Waals surface area contributed by atoms with Gasteiger partial charge in [0, 0.05) is 31.4 Å². The molecule has 0 saturated carbocycles. The number of benzene rings is 3. The van der Waals surface area contributed by atoms with Gasteiger partial charge in [-0.25, -0.2) is 14.2 Å². The zero-order chi connectivity index (χ0) is 27.0. The number of anilines is 1. The van der Waals surface area contributed by atoms with Crippen molar-refractivity contribution < 1.29 is 31.8 Å². The summed E-state index contributed by atoms with van der Waals surface area (Å²) in [6.07, 6.45) is -4.54. The number of hydrogen-bond acceptors (Lipinski definition) is 5. The number of nitrogens with zero attached hydrogens (tertiary/aromatic N) is 3. The highest BCUT2D eigenvalue weighted by molar-refractivity contribution is 6.04. The third-order valence-electron chi connectivity index (χ3n) is 6.42. The van der Waals surface area contributed by atoms with E-state index in [9.17, 15) is 22.4 Å². The standard InChI is InChI=1S/C27H24F4N4O3/c1-16-15-34(10-11-35(16)26(36)32-19-5-3-4-18(28)13-19)25-21-14-20(37-2)7-9-23(21)38-24-8-6-17(27(29,30)31)12-22(24)33-25/h3-9,12-14,16H,10-11,15H2,1-2H3,(H,32,36). The van der Waals surface area contributed by atoms with Crippen LogP contribution in [0.5, 0.6) is 17.2 Å². The zero-order valence-electron chi connectivity index (χ0n) is 20.6.